The number of halogens is 2. The minimum atomic E-state index is -0.289. The average Bonchev–Trinajstić information content (AvgIpc) is 2.77. The molecule has 0 saturated heterocycles. The summed E-state index contributed by atoms with van der Waals surface area (Å²) >= 11 is 11.9. The zero-order valence-corrected chi connectivity index (χ0v) is 18.1. The fourth-order valence-corrected chi connectivity index (χ4v) is 3.22. The lowest BCUT2D eigenvalue weighted by atomic mass is 10.1. The lowest BCUT2D eigenvalue weighted by Gasteiger charge is -2.11. The largest absolute Gasteiger partial charge is 0.493 e. The quantitative estimate of drug-likeness (QED) is 0.338. The maximum Gasteiger partial charge on any atom is 0.262 e. The van der Waals surface area contributed by atoms with E-state index >= 15 is 0 Å². The molecule has 1 amide bonds. The van der Waals surface area contributed by atoms with Crippen molar-refractivity contribution >= 4 is 46.7 Å². The Morgan fingerprint density at radius 1 is 0.968 bits per heavy atom. The van der Waals surface area contributed by atoms with Crippen molar-refractivity contribution in [3.63, 3.8) is 0 Å². The summed E-state index contributed by atoms with van der Waals surface area (Å²) in [5.41, 5.74) is 1.77. The molecule has 0 aliphatic heterocycles. The number of allylic oxidation sites excluding steroid dienone is 1. The zero-order valence-electron chi connectivity index (χ0n) is 16.6. The van der Waals surface area contributed by atoms with Crippen molar-refractivity contribution in [3.8, 4) is 11.5 Å². The van der Waals surface area contributed by atoms with Gasteiger partial charge in [-0.25, -0.2) is 0 Å². The van der Waals surface area contributed by atoms with E-state index in [-0.39, 0.29) is 23.3 Å². The molecule has 0 unspecified atom stereocenters. The summed E-state index contributed by atoms with van der Waals surface area (Å²) in [6.45, 7) is -0.173. The molecule has 3 aromatic carbocycles. The van der Waals surface area contributed by atoms with Crippen LogP contribution in [-0.2, 0) is 4.79 Å². The molecular formula is C24H19Cl2NO4. The second kappa shape index (κ2) is 10.7. The topological polar surface area (TPSA) is 64.6 Å². The number of anilines is 1. The molecule has 1 N–H and O–H groups in total. The summed E-state index contributed by atoms with van der Waals surface area (Å²) in [6, 6.07) is 18.9. The summed E-state index contributed by atoms with van der Waals surface area (Å²) in [5.74, 6) is 0.308. The van der Waals surface area contributed by atoms with E-state index < -0.39 is 0 Å². The monoisotopic (exact) mass is 455 g/mol. The van der Waals surface area contributed by atoms with E-state index in [4.69, 9.17) is 32.7 Å². The van der Waals surface area contributed by atoms with Gasteiger partial charge in [0.25, 0.3) is 5.91 Å². The predicted molar refractivity (Wildman–Crippen MR) is 123 cm³/mol. The number of rotatable bonds is 8. The number of para-hydroxylation sites is 1. The van der Waals surface area contributed by atoms with Crippen molar-refractivity contribution in [3.05, 3.63) is 94.0 Å². The fraction of sp³-hybridized carbons (Fsp3) is 0.0833. The maximum atomic E-state index is 12.4. The standard InChI is InChI=1S/C24H19Cl2NO4/c1-30-23-13-16(7-11-21(28)19-10-9-17(25)14-20(19)26)8-12-22(23)31-15-24(29)27-18-5-3-2-4-6-18/h2-14H,15H2,1H3,(H,27,29)/b11-7+. The molecule has 158 valence electrons. The SMILES string of the molecule is COc1cc(/C=C/C(=O)c2ccc(Cl)cc2Cl)ccc1OCC(=O)Nc1ccccc1. The van der Waals surface area contributed by atoms with Gasteiger partial charge in [0.05, 0.1) is 12.1 Å². The van der Waals surface area contributed by atoms with Gasteiger partial charge in [0, 0.05) is 16.3 Å². The van der Waals surface area contributed by atoms with Gasteiger partial charge in [0.2, 0.25) is 0 Å². The molecule has 7 heteroatoms. The van der Waals surface area contributed by atoms with Gasteiger partial charge in [-0.1, -0.05) is 53.5 Å². The number of hydrogen-bond donors (Lipinski definition) is 1. The summed E-state index contributed by atoms with van der Waals surface area (Å²) < 4.78 is 10.9. The van der Waals surface area contributed by atoms with Gasteiger partial charge in [-0.15, -0.1) is 0 Å². The number of hydrogen-bond acceptors (Lipinski definition) is 4. The molecule has 5 nitrogen and oxygen atoms in total. The first-order valence-electron chi connectivity index (χ1n) is 9.29. The van der Waals surface area contributed by atoms with Crippen molar-refractivity contribution in [2.24, 2.45) is 0 Å². The summed E-state index contributed by atoms with van der Waals surface area (Å²) in [4.78, 5) is 24.5. The Bertz CT molecular complexity index is 1110. The number of ether oxygens (including phenoxy) is 2. The molecule has 3 rings (SSSR count). The number of nitrogens with one attached hydrogen (secondary N) is 1. The third kappa shape index (κ3) is 6.35. The van der Waals surface area contributed by atoms with E-state index in [1.54, 1.807) is 48.5 Å². The van der Waals surface area contributed by atoms with Crippen molar-refractivity contribution in [1.29, 1.82) is 0 Å². The third-order valence-electron chi connectivity index (χ3n) is 4.23. The molecule has 31 heavy (non-hydrogen) atoms. The Balaban J connectivity index is 1.64. The smallest absolute Gasteiger partial charge is 0.262 e. The van der Waals surface area contributed by atoms with Crippen LogP contribution < -0.4 is 14.8 Å². The number of carbonyl (C=O) groups is 2. The Morgan fingerprint density at radius 3 is 2.45 bits per heavy atom. The molecule has 0 aromatic heterocycles. The van der Waals surface area contributed by atoms with Crippen LogP contribution in [0.25, 0.3) is 6.08 Å². The minimum Gasteiger partial charge on any atom is -0.493 e. The number of methoxy groups -OCH3 is 1. The molecule has 0 aliphatic rings. The zero-order chi connectivity index (χ0) is 22.2. The van der Waals surface area contributed by atoms with E-state index in [1.807, 2.05) is 18.2 Å². The van der Waals surface area contributed by atoms with Crippen LogP contribution >= 0.6 is 23.2 Å². The summed E-state index contributed by atoms with van der Waals surface area (Å²) in [7, 11) is 1.50. The van der Waals surface area contributed by atoms with Crippen LogP contribution in [0.15, 0.2) is 72.8 Å². The summed E-state index contributed by atoms with van der Waals surface area (Å²) in [6.07, 6.45) is 3.05. The van der Waals surface area contributed by atoms with E-state index in [0.29, 0.717) is 27.8 Å². The molecule has 0 atom stereocenters. The van der Waals surface area contributed by atoms with E-state index in [2.05, 4.69) is 5.32 Å². The fourth-order valence-electron chi connectivity index (χ4n) is 2.72. The van der Waals surface area contributed by atoms with Gasteiger partial charge in [-0.2, -0.15) is 0 Å². The van der Waals surface area contributed by atoms with Crippen LogP contribution in [0.4, 0.5) is 5.69 Å². The Morgan fingerprint density at radius 2 is 1.74 bits per heavy atom. The van der Waals surface area contributed by atoms with Crippen molar-refractivity contribution in [2.45, 2.75) is 0 Å². The molecule has 0 bridgehead atoms. The van der Waals surface area contributed by atoms with Gasteiger partial charge in [-0.3, -0.25) is 9.59 Å². The third-order valence-corrected chi connectivity index (χ3v) is 4.78. The Kier molecular flexibility index (Phi) is 7.70. The van der Waals surface area contributed by atoms with Crippen LogP contribution in [0.1, 0.15) is 15.9 Å². The van der Waals surface area contributed by atoms with Gasteiger partial charge in [-0.05, 0) is 54.1 Å². The highest BCUT2D eigenvalue weighted by Gasteiger charge is 2.10. The number of benzene rings is 3. The normalized spacial score (nSPS) is 10.7. The van der Waals surface area contributed by atoms with Crippen LogP contribution in [-0.4, -0.2) is 25.4 Å². The van der Waals surface area contributed by atoms with E-state index in [0.717, 1.165) is 5.56 Å². The second-order valence-electron chi connectivity index (χ2n) is 6.43. The molecule has 0 heterocycles. The van der Waals surface area contributed by atoms with E-state index in [1.165, 1.54) is 19.3 Å². The van der Waals surface area contributed by atoms with Crippen LogP contribution in [0.2, 0.25) is 10.0 Å². The molecular weight excluding hydrogens is 437 g/mol. The number of amides is 1. The van der Waals surface area contributed by atoms with Crippen molar-refractivity contribution in [1.82, 2.24) is 0 Å². The lowest BCUT2D eigenvalue weighted by molar-refractivity contribution is -0.118. The maximum absolute atomic E-state index is 12.4. The molecule has 3 aromatic rings. The Labute approximate surface area is 190 Å². The first-order chi connectivity index (χ1) is 15.0. The van der Waals surface area contributed by atoms with Crippen LogP contribution in [0.3, 0.4) is 0 Å². The average molecular weight is 456 g/mol. The highest BCUT2D eigenvalue weighted by atomic mass is 35.5. The lowest BCUT2D eigenvalue weighted by Crippen LogP contribution is -2.20. The molecule has 0 spiro atoms. The molecule has 0 saturated carbocycles. The van der Waals surface area contributed by atoms with Crippen molar-refractivity contribution < 1.29 is 19.1 Å². The van der Waals surface area contributed by atoms with Gasteiger partial charge < -0.3 is 14.8 Å². The van der Waals surface area contributed by atoms with Gasteiger partial charge in [0.15, 0.2) is 23.9 Å². The second-order valence-corrected chi connectivity index (χ2v) is 7.28. The first-order valence-corrected chi connectivity index (χ1v) is 10.0. The van der Waals surface area contributed by atoms with Crippen molar-refractivity contribution in [2.75, 3.05) is 19.0 Å². The first kappa shape index (κ1) is 22.4. The highest BCUT2D eigenvalue weighted by molar-refractivity contribution is 6.37. The van der Waals surface area contributed by atoms with Crippen LogP contribution in [0.5, 0.6) is 11.5 Å². The number of carbonyl (C=O) groups excluding carboxylic acids is 2. The molecule has 0 aliphatic carbocycles. The summed E-state index contributed by atoms with van der Waals surface area (Å²) in [5, 5.41) is 3.50. The highest BCUT2D eigenvalue weighted by Crippen LogP contribution is 2.29. The molecule has 0 radical (unpaired) electrons. The Hall–Kier alpha value is -3.28. The van der Waals surface area contributed by atoms with E-state index in [9.17, 15) is 9.59 Å². The molecule has 0 fully saturated rings. The number of ketones is 1. The minimum absolute atomic E-state index is 0.173. The van der Waals surface area contributed by atoms with Gasteiger partial charge >= 0.3 is 0 Å². The predicted octanol–water partition coefficient (Wildman–Crippen LogP) is 5.92. The van der Waals surface area contributed by atoms with Crippen LogP contribution in [0, 0.1) is 0 Å². The van der Waals surface area contributed by atoms with Gasteiger partial charge in [0.1, 0.15) is 0 Å².